The number of nitrogen functional groups attached to an aromatic ring is 1. The smallest absolute Gasteiger partial charge is 0.230 e. The van der Waals surface area contributed by atoms with Crippen LogP contribution in [0.4, 0.5) is 5.88 Å². The molecule has 4 nitrogen and oxygen atoms in total. The third-order valence-corrected chi connectivity index (χ3v) is 4.33. The predicted octanol–water partition coefficient (Wildman–Crippen LogP) is 2.83. The normalized spacial score (nSPS) is 29.2. The molecule has 0 saturated heterocycles. The molecule has 2 aliphatic carbocycles. The molecule has 2 saturated carbocycles. The highest BCUT2D eigenvalue weighted by Gasteiger charge is 2.47. The number of rotatable bonds is 2. The molecular formula is C14H15N3O. The summed E-state index contributed by atoms with van der Waals surface area (Å²) in [5.41, 5.74) is 8.92. The number of hydrogen-bond acceptors (Lipinski definition) is 4. The zero-order valence-electron chi connectivity index (χ0n) is 10.0. The number of hydrogen-bond donors (Lipinski definition) is 1. The highest BCUT2D eigenvalue weighted by Crippen LogP contribution is 2.58. The van der Waals surface area contributed by atoms with Crippen LogP contribution in [-0.4, -0.2) is 10.1 Å². The lowest BCUT2D eigenvalue weighted by molar-refractivity contribution is 0.416. The maximum Gasteiger partial charge on any atom is 0.230 e. The molecule has 2 fully saturated rings. The lowest BCUT2D eigenvalue weighted by Crippen LogP contribution is -1.99. The molecule has 2 atom stereocenters. The van der Waals surface area contributed by atoms with Crippen LogP contribution in [0.2, 0.25) is 0 Å². The van der Waals surface area contributed by atoms with Gasteiger partial charge in [-0.1, -0.05) is 11.2 Å². The van der Waals surface area contributed by atoms with E-state index in [2.05, 4.69) is 10.1 Å². The van der Waals surface area contributed by atoms with E-state index in [0.717, 1.165) is 28.7 Å². The minimum absolute atomic E-state index is 0.415. The highest BCUT2D eigenvalue weighted by atomic mass is 16.5. The SMILES string of the molecule is Nc1onc(C2CC3CC3C2)c1-c1cccnc1. The quantitative estimate of drug-likeness (QED) is 0.878. The maximum atomic E-state index is 5.93. The first-order valence-electron chi connectivity index (χ1n) is 6.48. The summed E-state index contributed by atoms with van der Waals surface area (Å²) < 4.78 is 5.21. The van der Waals surface area contributed by atoms with Gasteiger partial charge < -0.3 is 10.3 Å². The van der Waals surface area contributed by atoms with Gasteiger partial charge in [0.05, 0.1) is 11.3 Å². The van der Waals surface area contributed by atoms with Crippen LogP contribution in [0.25, 0.3) is 11.1 Å². The Morgan fingerprint density at radius 2 is 2.06 bits per heavy atom. The van der Waals surface area contributed by atoms with E-state index in [9.17, 15) is 0 Å². The van der Waals surface area contributed by atoms with Gasteiger partial charge in [-0.2, -0.15) is 0 Å². The van der Waals surface area contributed by atoms with E-state index in [4.69, 9.17) is 10.3 Å². The second-order valence-corrected chi connectivity index (χ2v) is 5.47. The Morgan fingerprint density at radius 1 is 1.22 bits per heavy atom. The van der Waals surface area contributed by atoms with Gasteiger partial charge in [0.1, 0.15) is 0 Å². The van der Waals surface area contributed by atoms with E-state index in [-0.39, 0.29) is 0 Å². The van der Waals surface area contributed by atoms with Crippen molar-refractivity contribution >= 4 is 5.88 Å². The fraction of sp³-hybridized carbons (Fsp3) is 0.429. The lowest BCUT2D eigenvalue weighted by Gasteiger charge is -2.10. The number of aromatic nitrogens is 2. The molecule has 0 amide bonds. The Labute approximate surface area is 105 Å². The first-order valence-corrected chi connectivity index (χ1v) is 6.48. The average Bonchev–Trinajstić information content (AvgIpc) is 2.85. The van der Waals surface area contributed by atoms with Crippen molar-refractivity contribution < 1.29 is 4.52 Å². The van der Waals surface area contributed by atoms with Crippen molar-refractivity contribution in [2.24, 2.45) is 11.8 Å². The summed E-state index contributed by atoms with van der Waals surface area (Å²) in [5, 5.41) is 4.20. The summed E-state index contributed by atoms with van der Waals surface area (Å²) in [6, 6.07) is 3.92. The Morgan fingerprint density at radius 3 is 2.78 bits per heavy atom. The minimum atomic E-state index is 0.415. The van der Waals surface area contributed by atoms with E-state index in [0.29, 0.717) is 11.8 Å². The van der Waals surface area contributed by atoms with Crippen LogP contribution in [0.15, 0.2) is 29.0 Å². The van der Waals surface area contributed by atoms with Crippen LogP contribution >= 0.6 is 0 Å². The van der Waals surface area contributed by atoms with Crippen molar-refractivity contribution in [2.75, 3.05) is 5.73 Å². The molecule has 2 aliphatic rings. The molecule has 2 unspecified atom stereocenters. The average molecular weight is 241 g/mol. The van der Waals surface area contributed by atoms with E-state index in [1.807, 2.05) is 18.3 Å². The fourth-order valence-electron chi connectivity index (χ4n) is 3.33. The summed E-state index contributed by atoms with van der Waals surface area (Å²) in [7, 11) is 0. The predicted molar refractivity (Wildman–Crippen MR) is 67.7 cm³/mol. The van der Waals surface area contributed by atoms with Gasteiger partial charge in [0.15, 0.2) is 0 Å². The molecule has 2 N–H and O–H groups in total. The third kappa shape index (κ3) is 1.45. The summed E-state index contributed by atoms with van der Waals surface area (Å²) in [6.45, 7) is 0. The molecule has 2 aromatic heterocycles. The third-order valence-electron chi connectivity index (χ3n) is 4.33. The fourth-order valence-corrected chi connectivity index (χ4v) is 3.33. The Bertz CT molecular complexity index is 568. The Hall–Kier alpha value is -1.84. The molecule has 0 spiro atoms. The second kappa shape index (κ2) is 3.57. The molecule has 2 aromatic rings. The molecule has 0 aromatic carbocycles. The summed E-state index contributed by atoms with van der Waals surface area (Å²) in [6.07, 6.45) is 7.47. The first-order chi connectivity index (χ1) is 8.83. The van der Waals surface area contributed by atoms with Crippen molar-refractivity contribution in [1.82, 2.24) is 10.1 Å². The van der Waals surface area contributed by atoms with Crippen LogP contribution in [0, 0.1) is 11.8 Å². The summed E-state index contributed by atoms with van der Waals surface area (Å²) >= 11 is 0. The minimum Gasteiger partial charge on any atom is -0.367 e. The number of fused-ring (bicyclic) bond motifs is 1. The molecule has 2 heterocycles. The van der Waals surface area contributed by atoms with Crippen LogP contribution in [0.5, 0.6) is 0 Å². The first kappa shape index (κ1) is 10.1. The van der Waals surface area contributed by atoms with E-state index < -0.39 is 0 Å². The van der Waals surface area contributed by atoms with Gasteiger partial charge in [0, 0.05) is 23.9 Å². The molecular weight excluding hydrogens is 226 g/mol. The van der Waals surface area contributed by atoms with Gasteiger partial charge in [-0.15, -0.1) is 0 Å². The van der Waals surface area contributed by atoms with Gasteiger partial charge in [-0.25, -0.2) is 0 Å². The number of pyridine rings is 1. The lowest BCUT2D eigenvalue weighted by atomic mass is 9.94. The molecule has 0 bridgehead atoms. The van der Waals surface area contributed by atoms with Crippen LogP contribution in [0.3, 0.4) is 0 Å². The molecule has 92 valence electrons. The van der Waals surface area contributed by atoms with Gasteiger partial charge >= 0.3 is 0 Å². The van der Waals surface area contributed by atoms with Gasteiger partial charge in [0.25, 0.3) is 0 Å². The molecule has 0 aliphatic heterocycles. The van der Waals surface area contributed by atoms with Crippen molar-refractivity contribution in [3.63, 3.8) is 0 Å². The van der Waals surface area contributed by atoms with E-state index in [1.165, 1.54) is 19.3 Å². The van der Waals surface area contributed by atoms with Gasteiger partial charge in [-0.05, 0) is 37.2 Å². The van der Waals surface area contributed by atoms with Crippen molar-refractivity contribution in [3.05, 3.63) is 30.2 Å². The number of anilines is 1. The van der Waals surface area contributed by atoms with Gasteiger partial charge in [0.2, 0.25) is 5.88 Å². The van der Waals surface area contributed by atoms with Crippen molar-refractivity contribution in [1.29, 1.82) is 0 Å². The largest absolute Gasteiger partial charge is 0.367 e. The molecule has 18 heavy (non-hydrogen) atoms. The topological polar surface area (TPSA) is 64.9 Å². The molecule has 4 rings (SSSR count). The van der Waals surface area contributed by atoms with Crippen LogP contribution in [0.1, 0.15) is 30.9 Å². The summed E-state index contributed by atoms with van der Waals surface area (Å²) in [5.74, 6) is 2.79. The number of nitrogens with zero attached hydrogens (tertiary/aromatic N) is 2. The molecule has 0 radical (unpaired) electrons. The van der Waals surface area contributed by atoms with Crippen molar-refractivity contribution in [2.45, 2.75) is 25.2 Å². The van der Waals surface area contributed by atoms with Crippen LogP contribution in [-0.2, 0) is 0 Å². The van der Waals surface area contributed by atoms with E-state index >= 15 is 0 Å². The Kier molecular flexibility index (Phi) is 2.01. The van der Waals surface area contributed by atoms with Crippen molar-refractivity contribution in [3.8, 4) is 11.1 Å². The maximum absolute atomic E-state index is 5.93. The zero-order chi connectivity index (χ0) is 12.1. The standard InChI is InChI=1S/C14H15N3O/c15-14-12(8-2-1-3-16-7-8)13(17-18-14)11-5-9-4-10(9)6-11/h1-3,7,9-11H,4-6,15H2. The summed E-state index contributed by atoms with van der Waals surface area (Å²) in [4.78, 5) is 4.15. The Balaban J connectivity index is 1.76. The molecule has 4 heteroatoms. The second-order valence-electron chi connectivity index (χ2n) is 5.47. The number of nitrogens with two attached hydrogens (primary N) is 1. The monoisotopic (exact) mass is 241 g/mol. The van der Waals surface area contributed by atoms with Gasteiger partial charge in [-0.3, -0.25) is 4.98 Å². The zero-order valence-corrected chi connectivity index (χ0v) is 10.0. The van der Waals surface area contributed by atoms with E-state index in [1.54, 1.807) is 6.20 Å². The van der Waals surface area contributed by atoms with Crippen LogP contribution < -0.4 is 5.73 Å². The highest BCUT2D eigenvalue weighted by molar-refractivity contribution is 5.75.